The summed E-state index contributed by atoms with van der Waals surface area (Å²) in [6.07, 6.45) is 13.9. The average molecular weight is 645 g/mol. The highest BCUT2D eigenvalue weighted by Gasteiger charge is 2.39. The molecular weight excluding hydrogens is 613 g/mol. The number of aromatic nitrogens is 4. The average Bonchev–Trinajstić information content (AvgIpc) is 3.71. The van der Waals surface area contributed by atoms with Crippen molar-refractivity contribution >= 4 is 33.8 Å². The molecule has 0 saturated heterocycles. The molecule has 1 aliphatic carbocycles. The lowest BCUT2D eigenvalue weighted by Gasteiger charge is -2.31. The van der Waals surface area contributed by atoms with Gasteiger partial charge in [-0.25, -0.2) is 9.97 Å². The molecular formula is C44H32N6. The Kier molecular flexibility index (Phi) is 6.65. The van der Waals surface area contributed by atoms with E-state index in [1.165, 1.54) is 17.0 Å². The molecule has 0 saturated carbocycles. The standard InChI is InChI=1S/C44H32N6/c1-3-14-40-33(8-1)35-28-45-27-25-42(35)49(40)31-21-17-29(18-22-31)36-10-5-12-38(47-36)39-13-6-11-37(48-39)30-19-23-32(24-20-30)50-41-15-4-2-9-34(41)44-43(50)16-7-26-46-44/h1-24,26,28,33,40H,25,27H2. The number of hydrogen-bond acceptors (Lipinski definition) is 5. The molecule has 0 bridgehead atoms. The molecule has 2 aliphatic heterocycles. The van der Waals surface area contributed by atoms with Crippen LogP contribution in [-0.4, -0.2) is 38.3 Å². The van der Waals surface area contributed by atoms with E-state index in [4.69, 9.17) is 9.97 Å². The predicted molar refractivity (Wildman–Crippen MR) is 204 cm³/mol. The fourth-order valence-corrected chi connectivity index (χ4v) is 7.84. The van der Waals surface area contributed by atoms with Crippen LogP contribution in [0.15, 0.2) is 168 Å². The van der Waals surface area contributed by atoms with Crippen molar-refractivity contribution in [3.05, 3.63) is 163 Å². The molecule has 2 unspecified atom stereocenters. The zero-order chi connectivity index (χ0) is 33.0. The van der Waals surface area contributed by atoms with E-state index in [1.54, 1.807) is 0 Å². The number of pyridine rings is 3. The first-order valence-corrected chi connectivity index (χ1v) is 17.2. The Morgan fingerprint density at radius 3 is 2.00 bits per heavy atom. The van der Waals surface area contributed by atoms with Crippen molar-refractivity contribution < 1.29 is 0 Å². The largest absolute Gasteiger partial charge is 0.337 e. The highest BCUT2D eigenvalue weighted by atomic mass is 15.2. The van der Waals surface area contributed by atoms with Gasteiger partial charge in [-0.3, -0.25) is 9.98 Å². The van der Waals surface area contributed by atoms with Gasteiger partial charge in [0.15, 0.2) is 0 Å². The second-order valence-electron chi connectivity index (χ2n) is 13.0. The molecule has 0 radical (unpaired) electrons. The number of dihydropyridines is 1. The van der Waals surface area contributed by atoms with E-state index in [0.717, 1.165) is 74.5 Å². The molecule has 10 rings (SSSR count). The topological polar surface area (TPSA) is 59.2 Å². The van der Waals surface area contributed by atoms with Crippen LogP contribution in [0.2, 0.25) is 0 Å². The lowest BCUT2D eigenvalue weighted by molar-refractivity contribution is 0.686. The number of benzene rings is 3. The van der Waals surface area contributed by atoms with E-state index >= 15 is 0 Å². The summed E-state index contributed by atoms with van der Waals surface area (Å²) in [6, 6.07) is 42.6. The SMILES string of the molecule is C1=CC2C3=C(CCN=C3)N(c3ccc(-c4cccc(-c5cccc(-c6ccc(-n7c8ccccc8c8ncccc87)cc6)n5)n4)cc3)C2C=C1. The van der Waals surface area contributed by atoms with Crippen molar-refractivity contribution in [2.75, 3.05) is 11.4 Å². The van der Waals surface area contributed by atoms with Crippen molar-refractivity contribution in [3.63, 3.8) is 0 Å². The van der Waals surface area contributed by atoms with Crippen LogP contribution in [0.3, 0.4) is 0 Å². The van der Waals surface area contributed by atoms with Crippen molar-refractivity contribution in [2.45, 2.75) is 12.5 Å². The van der Waals surface area contributed by atoms with Crippen LogP contribution in [0.1, 0.15) is 6.42 Å². The van der Waals surface area contributed by atoms with Crippen LogP contribution in [0, 0.1) is 5.92 Å². The van der Waals surface area contributed by atoms with Crippen molar-refractivity contribution in [1.29, 1.82) is 0 Å². The summed E-state index contributed by atoms with van der Waals surface area (Å²) < 4.78 is 2.28. The molecule has 0 N–H and O–H groups in total. The first-order valence-electron chi connectivity index (χ1n) is 17.2. The van der Waals surface area contributed by atoms with E-state index < -0.39 is 0 Å². The van der Waals surface area contributed by atoms with Gasteiger partial charge in [0.05, 0.1) is 45.4 Å². The van der Waals surface area contributed by atoms with Crippen LogP contribution in [-0.2, 0) is 0 Å². The Balaban J connectivity index is 0.932. The minimum absolute atomic E-state index is 0.294. The molecule has 3 aromatic carbocycles. The number of para-hydroxylation sites is 1. The van der Waals surface area contributed by atoms with Gasteiger partial charge in [-0.1, -0.05) is 78.9 Å². The number of hydrogen-bond donors (Lipinski definition) is 0. The maximum absolute atomic E-state index is 5.08. The van der Waals surface area contributed by atoms with E-state index in [2.05, 4.69) is 153 Å². The lowest BCUT2D eigenvalue weighted by Crippen LogP contribution is -2.32. The quantitative estimate of drug-likeness (QED) is 0.187. The molecule has 7 aromatic rings. The zero-order valence-corrected chi connectivity index (χ0v) is 27.3. The van der Waals surface area contributed by atoms with Gasteiger partial charge in [0.2, 0.25) is 0 Å². The third-order valence-corrected chi connectivity index (χ3v) is 10.1. The number of rotatable bonds is 5. The Morgan fingerprint density at radius 2 is 1.24 bits per heavy atom. The summed E-state index contributed by atoms with van der Waals surface area (Å²) in [5.41, 5.74) is 13.9. The van der Waals surface area contributed by atoms with Gasteiger partial charge in [0.25, 0.3) is 0 Å². The highest BCUT2D eigenvalue weighted by molar-refractivity contribution is 6.06. The number of aliphatic imine (C=N–C) groups is 1. The molecule has 6 heterocycles. The van der Waals surface area contributed by atoms with Crippen LogP contribution in [0.5, 0.6) is 0 Å². The third kappa shape index (κ3) is 4.64. The molecule has 3 aliphatic rings. The summed E-state index contributed by atoms with van der Waals surface area (Å²) in [5.74, 6) is 0.357. The molecule has 238 valence electrons. The molecule has 2 atom stereocenters. The summed E-state index contributed by atoms with van der Waals surface area (Å²) in [7, 11) is 0. The molecule has 0 fully saturated rings. The van der Waals surface area contributed by atoms with E-state index in [1.807, 2.05) is 24.4 Å². The monoisotopic (exact) mass is 644 g/mol. The summed E-state index contributed by atoms with van der Waals surface area (Å²) in [4.78, 5) is 21.9. The molecule has 4 aromatic heterocycles. The van der Waals surface area contributed by atoms with Gasteiger partial charge >= 0.3 is 0 Å². The van der Waals surface area contributed by atoms with Crippen molar-refractivity contribution in [1.82, 2.24) is 19.5 Å². The smallest absolute Gasteiger partial charge is 0.0963 e. The van der Waals surface area contributed by atoms with Crippen LogP contribution < -0.4 is 4.90 Å². The lowest BCUT2D eigenvalue weighted by atomic mass is 9.90. The van der Waals surface area contributed by atoms with Crippen LogP contribution in [0.4, 0.5) is 5.69 Å². The van der Waals surface area contributed by atoms with Gasteiger partial charge in [-0.05, 0) is 72.3 Å². The normalized spacial score (nSPS) is 17.9. The summed E-state index contributed by atoms with van der Waals surface area (Å²) in [5, 5.41) is 1.15. The Bertz CT molecular complexity index is 2500. The Morgan fingerprint density at radius 1 is 0.580 bits per heavy atom. The van der Waals surface area contributed by atoms with Gasteiger partial charge in [0, 0.05) is 64.9 Å². The van der Waals surface area contributed by atoms with Gasteiger partial charge in [0.1, 0.15) is 0 Å². The van der Waals surface area contributed by atoms with E-state index in [-0.39, 0.29) is 0 Å². The zero-order valence-electron chi connectivity index (χ0n) is 27.3. The minimum atomic E-state index is 0.294. The molecule has 6 nitrogen and oxygen atoms in total. The Hall–Kier alpha value is -6.40. The molecule has 6 heteroatoms. The second kappa shape index (κ2) is 11.6. The first-order chi connectivity index (χ1) is 24.8. The predicted octanol–water partition coefficient (Wildman–Crippen LogP) is 9.63. The van der Waals surface area contributed by atoms with E-state index in [9.17, 15) is 0 Å². The van der Waals surface area contributed by atoms with Gasteiger partial charge < -0.3 is 9.47 Å². The maximum atomic E-state index is 5.08. The van der Waals surface area contributed by atoms with Crippen LogP contribution in [0.25, 0.3) is 61.5 Å². The Labute approximate surface area is 290 Å². The number of allylic oxidation sites excluding steroid dienone is 2. The highest BCUT2D eigenvalue weighted by Crippen LogP contribution is 2.43. The third-order valence-electron chi connectivity index (χ3n) is 10.1. The van der Waals surface area contributed by atoms with Crippen molar-refractivity contribution in [2.24, 2.45) is 10.9 Å². The van der Waals surface area contributed by atoms with Gasteiger partial charge in [-0.15, -0.1) is 0 Å². The van der Waals surface area contributed by atoms with E-state index in [0.29, 0.717) is 12.0 Å². The number of nitrogens with zero attached hydrogens (tertiary/aromatic N) is 6. The molecule has 0 amide bonds. The molecule has 50 heavy (non-hydrogen) atoms. The fourth-order valence-electron chi connectivity index (χ4n) is 7.84. The fraction of sp³-hybridized carbons (Fsp3) is 0.0909. The maximum Gasteiger partial charge on any atom is 0.0963 e. The van der Waals surface area contributed by atoms with Gasteiger partial charge in [-0.2, -0.15) is 0 Å². The number of anilines is 1. The van der Waals surface area contributed by atoms with Crippen molar-refractivity contribution in [3.8, 4) is 39.6 Å². The first kappa shape index (κ1) is 28.6. The second-order valence-corrected chi connectivity index (χ2v) is 13.0. The summed E-state index contributed by atoms with van der Waals surface area (Å²) >= 11 is 0. The molecule has 0 spiro atoms. The number of fused-ring (bicyclic) bond motifs is 5. The van der Waals surface area contributed by atoms with Crippen LogP contribution >= 0.6 is 0 Å². The summed E-state index contributed by atoms with van der Waals surface area (Å²) in [6.45, 7) is 0.845. The minimum Gasteiger partial charge on any atom is -0.337 e.